The number of aromatic amines is 1. The van der Waals surface area contributed by atoms with Gasteiger partial charge in [0.2, 0.25) is 0 Å². The first-order valence-electron chi connectivity index (χ1n) is 15.8. The van der Waals surface area contributed by atoms with Gasteiger partial charge in [0.05, 0.1) is 46.2 Å². The summed E-state index contributed by atoms with van der Waals surface area (Å²) in [5.74, 6) is 3.44. The molecule has 0 aliphatic heterocycles. The molecule has 10 heteroatoms. The summed E-state index contributed by atoms with van der Waals surface area (Å²) in [5, 5.41) is 22.4. The SMILES string of the molecule is COc1ccc(C(O)C(C)(C)Oc2ccc(-c3nc[nH]c3-c3ccc(OC(C)(C)C(O)c4ccc(OC)c(OC)c4)cc3)cc2)cc1OC. The van der Waals surface area contributed by atoms with Crippen LogP contribution < -0.4 is 28.4 Å². The van der Waals surface area contributed by atoms with Crippen LogP contribution in [-0.2, 0) is 0 Å². The zero-order valence-electron chi connectivity index (χ0n) is 29.1. The van der Waals surface area contributed by atoms with Gasteiger partial charge >= 0.3 is 0 Å². The van der Waals surface area contributed by atoms with Crippen LogP contribution in [0.5, 0.6) is 34.5 Å². The number of hydrogen-bond acceptors (Lipinski definition) is 9. The van der Waals surface area contributed by atoms with E-state index in [9.17, 15) is 10.2 Å². The number of aliphatic hydroxyl groups excluding tert-OH is 2. The first-order chi connectivity index (χ1) is 23.4. The van der Waals surface area contributed by atoms with Crippen molar-refractivity contribution < 1.29 is 38.6 Å². The van der Waals surface area contributed by atoms with Crippen molar-refractivity contribution in [3.05, 3.63) is 102 Å². The van der Waals surface area contributed by atoms with E-state index in [4.69, 9.17) is 28.4 Å². The molecule has 0 saturated carbocycles. The molecule has 49 heavy (non-hydrogen) atoms. The van der Waals surface area contributed by atoms with Crippen LogP contribution in [-0.4, -0.2) is 59.8 Å². The third-order valence-electron chi connectivity index (χ3n) is 8.44. The van der Waals surface area contributed by atoms with Crippen LogP contribution in [0, 0.1) is 0 Å². The number of aromatic nitrogens is 2. The lowest BCUT2D eigenvalue weighted by Crippen LogP contribution is -2.36. The summed E-state index contributed by atoms with van der Waals surface area (Å²) in [7, 11) is 6.26. The van der Waals surface area contributed by atoms with E-state index >= 15 is 0 Å². The fourth-order valence-corrected chi connectivity index (χ4v) is 5.67. The van der Waals surface area contributed by atoms with E-state index in [0.29, 0.717) is 45.6 Å². The maximum Gasteiger partial charge on any atom is 0.161 e. The van der Waals surface area contributed by atoms with Gasteiger partial charge in [-0.2, -0.15) is 0 Å². The van der Waals surface area contributed by atoms with Gasteiger partial charge in [0.25, 0.3) is 0 Å². The normalized spacial score (nSPS) is 12.9. The van der Waals surface area contributed by atoms with Gasteiger partial charge in [0.15, 0.2) is 23.0 Å². The topological polar surface area (TPSA) is 125 Å². The van der Waals surface area contributed by atoms with E-state index in [2.05, 4.69) is 9.97 Å². The van der Waals surface area contributed by atoms with Crippen LogP contribution in [0.15, 0.2) is 91.3 Å². The van der Waals surface area contributed by atoms with E-state index in [-0.39, 0.29) is 0 Å². The number of methoxy groups -OCH3 is 4. The molecular weight excluding hydrogens is 624 g/mol. The van der Waals surface area contributed by atoms with Gasteiger partial charge in [-0.05, 0) is 112 Å². The zero-order chi connectivity index (χ0) is 35.3. The molecule has 1 heterocycles. The van der Waals surface area contributed by atoms with Gasteiger partial charge < -0.3 is 43.6 Å². The van der Waals surface area contributed by atoms with E-state index in [1.165, 1.54) is 0 Å². The van der Waals surface area contributed by atoms with Crippen LogP contribution in [0.1, 0.15) is 51.0 Å². The summed E-state index contributed by atoms with van der Waals surface area (Å²) in [6.07, 6.45) is -0.209. The Bertz CT molecular complexity index is 1710. The predicted molar refractivity (Wildman–Crippen MR) is 188 cm³/mol. The van der Waals surface area contributed by atoms with Crippen molar-refractivity contribution in [2.45, 2.75) is 51.1 Å². The quantitative estimate of drug-likeness (QED) is 0.110. The van der Waals surface area contributed by atoms with E-state index in [0.717, 1.165) is 22.5 Å². The maximum absolute atomic E-state index is 11.2. The van der Waals surface area contributed by atoms with Crippen molar-refractivity contribution in [2.75, 3.05) is 28.4 Å². The summed E-state index contributed by atoms with van der Waals surface area (Å²) in [6, 6.07) is 25.8. The lowest BCUT2D eigenvalue weighted by Gasteiger charge is -2.32. The smallest absolute Gasteiger partial charge is 0.161 e. The molecular formula is C39H44N2O8. The van der Waals surface area contributed by atoms with Gasteiger partial charge in [-0.25, -0.2) is 4.98 Å². The monoisotopic (exact) mass is 668 g/mol. The molecule has 3 N–H and O–H groups in total. The highest BCUT2D eigenvalue weighted by Gasteiger charge is 2.33. The predicted octanol–water partition coefficient (Wildman–Crippen LogP) is 7.56. The highest BCUT2D eigenvalue weighted by Crippen LogP contribution is 2.38. The molecule has 10 nitrogen and oxygen atoms in total. The summed E-state index contributed by atoms with van der Waals surface area (Å²) < 4.78 is 34.0. The van der Waals surface area contributed by atoms with Crippen LogP contribution in [0.25, 0.3) is 22.5 Å². The van der Waals surface area contributed by atoms with Crippen molar-refractivity contribution in [2.24, 2.45) is 0 Å². The molecule has 0 aliphatic rings. The van der Waals surface area contributed by atoms with E-state index in [1.54, 1.807) is 71.2 Å². The molecule has 0 aliphatic carbocycles. The van der Waals surface area contributed by atoms with E-state index in [1.807, 2.05) is 76.2 Å². The summed E-state index contributed by atoms with van der Waals surface area (Å²) >= 11 is 0. The number of H-pyrrole nitrogens is 1. The summed E-state index contributed by atoms with van der Waals surface area (Å²) in [4.78, 5) is 7.84. The van der Waals surface area contributed by atoms with Crippen molar-refractivity contribution in [3.63, 3.8) is 0 Å². The van der Waals surface area contributed by atoms with Gasteiger partial charge in [0.1, 0.15) is 34.9 Å². The molecule has 1 aromatic heterocycles. The molecule has 0 radical (unpaired) electrons. The molecule has 0 amide bonds. The fourth-order valence-electron chi connectivity index (χ4n) is 5.67. The number of benzene rings is 4. The lowest BCUT2D eigenvalue weighted by atomic mass is 9.94. The lowest BCUT2D eigenvalue weighted by molar-refractivity contribution is -0.0302. The van der Waals surface area contributed by atoms with Crippen LogP contribution in [0.3, 0.4) is 0 Å². The Balaban J connectivity index is 1.27. The molecule has 258 valence electrons. The second kappa shape index (κ2) is 14.5. The first kappa shape index (κ1) is 35.1. The minimum Gasteiger partial charge on any atom is -0.493 e. The van der Waals surface area contributed by atoms with Gasteiger partial charge in [-0.15, -0.1) is 0 Å². The molecule has 4 aromatic carbocycles. The Morgan fingerprint density at radius 3 is 1.37 bits per heavy atom. The number of nitrogens with zero attached hydrogens (tertiary/aromatic N) is 1. The second-order valence-electron chi connectivity index (χ2n) is 12.6. The Kier molecular flexibility index (Phi) is 10.4. The highest BCUT2D eigenvalue weighted by molar-refractivity contribution is 5.78. The number of ether oxygens (including phenoxy) is 6. The highest BCUT2D eigenvalue weighted by atomic mass is 16.5. The Morgan fingerprint density at radius 1 is 0.551 bits per heavy atom. The fraction of sp³-hybridized carbons (Fsp3) is 0.308. The molecule has 0 bridgehead atoms. The number of aliphatic hydroxyl groups is 2. The van der Waals surface area contributed by atoms with Crippen LogP contribution in [0.4, 0.5) is 0 Å². The molecule has 5 rings (SSSR count). The Hall–Kier alpha value is -5.19. The van der Waals surface area contributed by atoms with Crippen molar-refractivity contribution >= 4 is 0 Å². The van der Waals surface area contributed by atoms with Gasteiger partial charge in [-0.3, -0.25) is 0 Å². The summed E-state index contributed by atoms with van der Waals surface area (Å²) in [6.45, 7) is 7.33. The van der Waals surface area contributed by atoms with Gasteiger partial charge in [-0.1, -0.05) is 12.1 Å². The number of hydrogen-bond donors (Lipinski definition) is 3. The third kappa shape index (κ3) is 7.61. The van der Waals surface area contributed by atoms with Crippen LogP contribution >= 0.6 is 0 Å². The second-order valence-corrected chi connectivity index (χ2v) is 12.6. The standard InChI is InChI=1S/C39H44N2O8/c1-38(2,36(42)26-13-19-30(44-5)32(21-26)46-7)48-28-15-9-24(10-16-28)34-35(41-23-40-34)25-11-17-29(18-12-25)49-39(3,4)37(43)27-14-20-31(45-6)33(22-27)47-8/h9-23,36-37,42-43H,1-8H3,(H,40,41). The number of nitrogens with one attached hydrogen (secondary N) is 1. The maximum atomic E-state index is 11.2. The average Bonchev–Trinajstić information content (AvgIpc) is 3.60. The zero-order valence-corrected chi connectivity index (χ0v) is 29.1. The van der Waals surface area contributed by atoms with Crippen molar-refractivity contribution in [1.82, 2.24) is 9.97 Å². The molecule has 0 spiro atoms. The van der Waals surface area contributed by atoms with Crippen LogP contribution in [0.2, 0.25) is 0 Å². The molecule has 5 aromatic rings. The first-order valence-corrected chi connectivity index (χ1v) is 15.8. The number of imidazole rings is 1. The Labute approximate surface area is 287 Å². The number of rotatable bonds is 14. The molecule has 2 unspecified atom stereocenters. The minimum absolute atomic E-state index is 0.532. The molecule has 2 atom stereocenters. The van der Waals surface area contributed by atoms with Crippen molar-refractivity contribution in [3.8, 4) is 57.0 Å². The van der Waals surface area contributed by atoms with Crippen molar-refractivity contribution in [1.29, 1.82) is 0 Å². The van der Waals surface area contributed by atoms with Gasteiger partial charge in [0, 0.05) is 11.1 Å². The largest absolute Gasteiger partial charge is 0.493 e. The molecule has 0 saturated heterocycles. The van der Waals surface area contributed by atoms with E-state index < -0.39 is 23.4 Å². The third-order valence-corrected chi connectivity index (χ3v) is 8.44. The average molecular weight is 669 g/mol. The Morgan fingerprint density at radius 2 is 0.959 bits per heavy atom. The minimum atomic E-state index is -0.950. The summed E-state index contributed by atoms with van der Waals surface area (Å²) in [5.41, 5.74) is 2.82. The molecule has 0 fully saturated rings.